The van der Waals surface area contributed by atoms with Crippen LogP contribution in [0.3, 0.4) is 0 Å². The van der Waals surface area contributed by atoms with Gasteiger partial charge in [-0.1, -0.05) is 0 Å². The lowest BCUT2D eigenvalue weighted by atomic mass is 9.69. The minimum atomic E-state index is -0.788. The van der Waals surface area contributed by atoms with E-state index in [9.17, 15) is 9.59 Å². The smallest absolute Gasteiger partial charge is 0.320 e. The number of nitrogens with one attached hydrogen (secondary N) is 1. The van der Waals surface area contributed by atoms with Crippen LogP contribution in [0.25, 0.3) is 0 Å². The van der Waals surface area contributed by atoms with Gasteiger partial charge in [0.2, 0.25) is 0 Å². The van der Waals surface area contributed by atoms with E-state index in [4.69, 9.17) is 10.2 Å². The van der Waals surface area contributed by atoms with Crippen molar-refractivity contribution in [3.63, 3.8) is 0 Å². The molecule has 1 aliphatic heterocycles. The van der Waals surface area contributed by atoms with Crippen LogP contribution in [0.4, 0.5) is 0 Å². The highest BCUT2D eigenvalue weighted by Crippen LogP contribution is 2.39. The van der Waals surface area contributed by atoms with Crippen LogP contribution in [0.1, 0.15) is 32.1 Å². The summed E-state index contributed by atoms with van der Waals surface area (Å²) in [5, 5.41) is 20.8. The van der Waals surface area contributed by atoms with Gasteiger partial charge in [-0.2, -0.15) is 0 Å². The first-order chi connectivity index (χ1) is 8.06. The quantitative estimate of drug-likeness (QED) is 0.684. The Morgan fingerprint density at radius 3 is 2.53 bits per heavy atom. The summed E-state index contributed by atoms with van der Waals surface area (Å²) in [7, 11) is 0. The van der Waals surface area contributed by atoms with Crippen LogP contribution in [0.15, 0.2) is 0 Å². The Bertz CT molecular complexity index is 318. The van der Waals surface area contributed by atoms with Gasteiger partial charge in [0.05, 0.1) is 0 Å². The first kappa shape index (κ1) is 12.4. The number of rotatable bonds is 3. The number of carboxylic acids is 2. The maximum atomic E-state index is 10.9. The van der Waals surface area contributed by atoms with E-state index < -0.39 is 18.0 Å². The molecule has 5 nitrogen and oxygen atoms in total. The Morgan fingerprint density at radius 2 is 1.88 bits per heavy atom. The van der Waals surface area contributed by atoms with Gasteiger partial charge in [0.1, 0.15) is 6.04 Å². The standard InChI is InChI=1S/C12H19NO4/c14-11(15)4-7-1-2-8-6-13-10(12(16)17)5-9(8)3-7/h7-10,13H,1-6H2,(H,14,15)(H,16,17). The summed E-state index contributed by atoms with van der Waals surface area (Å²) >= 11 is 0. The summed E-state index contributed by atoms with van der Waals surface area (Å²) in [6.45, 7) is 0.765. The minimum absolute atomic E-state index is 0.231. The van der Waals surface area contributed by atoms with Gasteiger partial charge in [-0.3, -0.25) is 9.59 Å². The molecule has 2 rings (SSSR count). The van der Waals surface area contributed by atoms with Crippen molar-refractivity contribution >= 4 is 11.9 Å². The fraction of sp³-hybridized carbons (Fsp3) is 0.833. The molecule has 0 spiro atoms. The summed E-state index contributed by atoms with van der Waals surface area (Å²) in [5.41, 5.74) is 0. The third kappa shape index (κ3) is 2.97. The highest BCUT2D eigenvalue weighted by Gasteiger charge is 2.37. The third-order valence-corrected chi connectivity index (χ3v) is 4.17. The summed E-state index contributed by atoms with van der Waals surface area (Å²) in [6.07, 6.45) is 3.75. The molecule has 1 saturated carbocycles. The van der Waals surface area contributed by atoms with Gasteiger partial charge < -0.3 is 15.5 Å². The van der Waals surface area contributed by atoms with Crippen molar-refractivity contribution in [2.24, 2.45) is 17.8 Å². The molecule has 4 atom stereocenters. The zero-order chi connectivity index (χ0) is 12.4. The molecule has 1 aliphatic carbocycles. The van der Waals surface area contributed by atoms with Gasteiger partial charge in [-0.05, 0) is 50.0 Å². The second kappa shape index (κ2) is 5.04. The SMILES string of the molecule is O=C(O)CC1CCC2CNC(C(=O)O)CC2C1. The van der Waals surface area contributed by atoms with Gasteiger partial charge >= 0.3 is 11.9 Å². The molecule has 4 unspecified atom stereocenters. The van der Waals surface area contributed by atoms with Gasteiger partial charge in [-0.25, -0.2) is 0 Å². The van der Waals surface area contributed by atoms with E-state index in [1.54, 1.807) is 0 Å². The molecule has 0 aromatic rings. The summed E-state index contributed by atoms with van der Waals surface area (Å²) in [5.74, 6) is -0.367. The molecule has 0 bridgehead atoms. The van der Waals surface area contributed by atoms with Crippen LogP contribution >= 0.6 is 0 Å². The van der Waals surface area contributed by atoms with Crippen LogP contribution in [0, 0.1) is 17.8 Å². The predicted octanol–water partition coefficient (Wildman–Crippen LogP) is 0.940. The monoisotopic (exact) mass is 241 g/mol. The lowest BCUT2D eigenvalue weighted by Gasteiger charge is -2.41. The first-order valence-electron chi connectivity index (χ1n) is 6.24. The molecular formula is C12H19NO4. The van der Waals surface area contributed by atoms with E-state index in [0.29, 0.717) is 18.3 Å². The zero-order valence-corrected chi connectivity index (χ0v) is 9.76. The molecule has 3 N–H and O–H groups in total. The molecule has 0 aromatic carbocycles. The van der Waals surface area contributed by atoms with E-state index in [-0.39, 0.29) is 12.3 Å². The Kier molecular flexibility index (Phi) is 3.66. The van der Waals surface area contributed by atoms with Gasteiger partial charge in [0.15, 0.2) is 0 Å². The maximum absolute atomic E-state index is 10.9. The second-order valence-electron chi connectivity index (χ2n) is 5.33. The Labute approximate surface area is 100 Å². The van der Waals surface area contributed by atoms with E-state index in [0.717, 1.165) is 25.8 Å². The fourth-order valence-electron chi connectivity index (χ4n) is 3.28. The highest BCUT2D eigenvalue weighted by molar-refractivity contribution is 5.73. The largest absolute Gasteiger partial charge is 0.481 e. The summed E-state index contributed by atoms with van der Waals surface area (Å²) in [6, 6.07) is -0.445. The van der Waals surface area contributed by atoms with E-state index >= 15 is 0 Å². The fourth-order valence-corrected chi connectivity index (χ4v) is 3.28. The number of piperidine rings is 1. The average molecular weight is 241 g/mol. The number of carboxylic acid groups (broad SMARTS) is 2. The molecule has 96 valence electrons. The van der Waals surface area contributed by atoms with Crippen molar-refractivity contribution in [1.82, 2.24) is 5.32 Å². The molecule has 5 heteroatoms. The average Bonchev–Trinajstić information content (AvgIpc) is 2.27. The molecule has 0 amide bonds. The number of hydrogen-bond donors (Lipinski definition) is 3. The second-order valence-corrected chi connectivity index (χ2v) is 5.33. The van der Waals surface area contributed by atoms with Gasteiger partial charge in [0, 0.05) is 6.42 Å². The highest BCUT2D eigenvalue weighted by atomic mass is 16.4. The first-order valence-corrected chi connectivity index (χ1v) is 6.24. The normalized spacial score (nSPS) is 37.2. The van der Waals surface area contributed by atoms with Crippen LogP contribution in [-0.4, -0.2) is 34.7 Å². The van der Waals surface area contributed by atoms with E-state index in [1.165, 1.54) is 0 Å². The van der Waals surface area contributed by atoms with Crippen LogP contribution in [0.5, 0.6) is 0 Å². The van der Waals surface area contributed by atoms with Gasteiger partial charge in [0.25, 0.3) is 0 Å². The number of hydrogen-bond acceptors (Lipinski definition) is 3. The van der Waals surface area contributed by atoms with Crippen molar-refractivity contribution < 1.29 is 19.8 Å². The number of aliphatic carboxylic acids is 2. The summed E-state index contributed by atoms with van der Waals surface area (Å²) in [4.78, 5) is 21.6. The Hall–Kier alpha value is -1.10. The van der Waals surface area contributed by atoms with Crippen molar-refractivity contribution in [1.29, 1.82) is 0 Å². The molecule has 2 fully saturated rings. The van der Waals surface area contributed by atoms with Crippen molar-refractivity contribution in [2.45, 2.75) is 38.1 Å². The molecule has 0 radical (unpaired) electrons. The molecule has 17 heavy (non-hydrogen) atoms. The van der Waals surface area contributed by atoms with E-state index in [2.05, 4.69) is 5.32 Å². The molecule has 0 aromatic heterocycles. The molecule has 1 saturated heterocycles. The Balaban J connectivity index is 1.92. The lowest BCUT2D eigenvalue weighted by Crippen LogP contribution is -2.49. The number of carbonyl (C=O) groups is 2. The van der Waals surface area contributed by atoms with Crippen LogP contribution in [0.2, 0.25) is 0 Å². The number of fused-ring (bicyclic) bond motifs is 1. The maximum Gasteiger partial charge on any atom is 0.320 e. The van der Waals surface area contributed by atoms with Gasteiger partial charge in [-0.15, -0.1) is 0 Å². The van der Waals surface area contributed by atoms with E-state index in [1.807, 2.05) is 0 Å². The van der Waals surface area contributed by atoms with Crippen molar-refractivity contribution in [3.05, 3.63) is 0 Å². The minimum Gasteiger partial charge on any atom is -0.481 e. The molecule has 2 aliphatic rings. The topological polar surface area (TPSA) is 86.6 Å². The summed E-state index contributed by atoms with van der Waals surface area (Å²) < 4.78 is 0. The van der Waals surface area contributed by atoms with Crippen LogP contribution < -0.4 is 5.32 Å². The lowest BCUT2D eigenvalue weighted by molar-refractivity contribution is -0.142. The molecule has 1 heterocycles. The van der Waals surface area contributed by atoms with Crippen LogP contribution in [-0.2, 0) is 9.59 Å². The predicted molar refractivity (Wildman–Crippen MR) is 60.6 cm³/mol. The zero-order valence-electron chi connectivity index (χ0n) is 9.76. The van der Waals surface area contributed by atoms with Crippen molar-refractivity contribution in [2.75, 3.05) is 6.54 Å². The Morgan fingerprint density at radius 1 is 1.12 bits per heavy atom. The van der Waals surface area contributed by atoms with Crippen molar-refractivity contribution in [3.8, 4) is 0 Å². The molecular weight excluding hydrogens is 222 g/mol. The third-order valence-electron chi connectivity index (χ3n) is 4.17.